The predicted molar refractivity (Wildman–Crippen MR) is 55.0 cm³/mol. The Morgan fingerprint density at radius 3 is 2.31 bits per heavy atom. The van der Waals surface area contributed by atoms with Crippen LogP contribution in [-0.2, 0) is 13.4 Å². The second-order valence-electron chi connectivity index (χ2n) is 3.72. The highest BCUT2D eigenvalue weighted by atomic mass is 31.2. The minimum absolute atomic E-state index is 0.153. The number of hydrogen-bond donors (Lipinski definition) is 0. The van der Waals surface area contributed by atoms with Gasteiger partial charge in [-0.3, -0.25) is 4.57 Å². The Morgan fingerprint density at radius 1 is 1.31 bits per heavy atom. The third kappa shape index (κ3) is 3.50. The first-order valence-electron chi connectivity index (χ1n) is 4.70. The summed E-state index contributed by atoms with van der Waals surface area (Å²) in [5.74, 6) is 0. The van der Waals surface area contributed by atoms with Crippen molar-refractivity contribution in [2.45, 2.75) is 37.8 Å². The zero-order valence-corrected chi connectivity index (χ0v) is 10.0. The molecule has 0 radical (unpaired) electrons. The Bertz CT molecular complexity index is 234. The van der Waals surface area contributed by atoms with Gasteiger partial charge < -0.3 is 0 Å². The standard InChI is InChI=1S/C8H17O3P2/c1-12(9)11-13(2,10)8-6-4-3-5-7-8/h8H,3-7H2,1-2H3/q+1. The molecule has 0 spiro atoms. The third-order valence-electron chi connectivity index (χ3n) is 2.52. The average molecular weight is 223 g/mol. The maximum atomic E-state index is 12.0. The lowest BCUT2D eigenvalue weighted by atomic mass is 10.0. The van der Waals surface area contributed by atoms with E-state index in [0.717, 1.165) is 25.7 Å². The summed E-state index contributed by atoms with van der Waals surface area (Å²) < 4.78 is 27.9. The molecule has 1 fully saturated rings. The maximum absolute atomic E-state index is 12.0. The van der Waals surface area contributed by atoms with Gasteiger partial charge in [-0.1, -0.05) is 23.6 Å². The first-order chi connectivity index (χ1) is 6.02. The van der Waals surface area contributed by atoms with Crippen LogP contribution in [0.15, 0.2) is 0 Å². The Morgan fingerprint density at radius 2 is 1.85 bits per heavy atom. The maximum Gasteiger partial charge on any atom is 0.511 e. The molecular formula is C8H17O3P2+. The van der Waals surface area contributed by atoms with Crippen LogP contribution in [0, 0.1) is 0 Å². The molecule has 1 aliphatic rings. The average Bonchev–Trinajstić information content (AvgIpc) is 2.04. The van der Waals surface area contributed by atoms with Gasteiger partial charge in [-0.05, 0) is 17.4 Å². The molecule has 0 N–H and O–H groups in total. The second kappa shape index (κ2) is 4.68. The fraction of sp³-hybridized carbons (Fsp3) is 1.00. The van der Waals surface area contributed by atoms with E-state index in [9.17, 15) is 9.13 Å². The molecule has 2 atom stereocenters. The molecular weight excluding hydrogens is 206 g/mol. The quantitative estimate of drug-likeness (QED) is 0.686. The molecule has 0 aliphatic heterocycles. The van der Waals surface area contributed by atoms with Crippen LogP contribution >= 0.6 is 15.4 Å². The third-order valence-corrected chi connectivity index (χ3v) is 6.57. The number of hydrogen-bond acceptors (Lipinski definition) is 3. The smallest absolute Gasteiger partial charge is 0.288 e. The molecule has 1 saturated carbocycles. The van der Waals surface area contributed by atoms with E-state index in [0.29, 0.717) is 0 Å². The summed E-state index contributed by atoms with van der Waals surface area (Å²) in [7, 11) is -4.33. The summed E-state index contributed by atoms with van der Waals surface area (Å²) in [4.78, 5) is 0. The molecule has 2 unspecified atom stereocenters. The monoisotopic (exact) mass is 223 g/mol. The lowest BCUT2D eigenvalue weighted by Gasteiger charge is -2.23. The molecule has 0 saturated heterocycles. The van der Waals surface area contributed by atoms with Gasteiger partial charge in [0.05, 0.1) is 0 Å². The van der Waals surface area contributed by atoms with Crippen LogP contribution in [0.5, 0.6) is 0 Å². The molecule has 0 amide bonds. The van der Waals surface area contributed by atoms with Crippen molar-refractivity contribution < 1.29 is 13.4 Å². The molecule has 1 aliphatic carbocycles. The molecule has 0 aromatic heterocycles. The molecule has 0 bridgehead atoms. The van der Waals surface area contributed by atoms with E-state index in [2.05, 4.69) is 0 Å². The zero-order valence-electron chi connectivity index (χ0n) is 8.23. The van der Waals surface area contributed by atoms with Crippen LogP contribution in [-0.4, -0.2) is 19.0 Å². The summed E-state index contributed by atoms with van der Waals surface area (Å²) in [5.41, 5.74) is 0.153. The van der Waals surface area contributed by atoms with Gasteiger partial charge in [0.2, 0.25) is 0 Å². The molecule has 1 rings (SSSR count). The van der Waals surface area contributed by atoms with Gasteiger partial charge >= 0.3 is 8.03 Å². The number of rotatable bonds is 3. The largest absolute Gasteiger partial charge is 0.511 e. The zero-order chi connectivity index (χ0) is 9.90. The highest BCUT2D eigenvalue weighted by Crippen LogP contribution is 2.58. The van der Waals surface area contributed by atoms with Crippen molar-refractivity contribution in [3.05, 3.63) is 0 Å². The van der Waals surface area contributed by atoms with Crippen molar-refractivity contribution >= 4 is 15.4 Å². The molecule has 0 heterocycles. The van der Waals surface area contributed by atoms with Crippen molar-refractivity contribution in [3.63, 3.8) is 0 Å². The SMILES string of the molecule is C[P+](=O)OP(C)(=O)C1CCCCC1. The van der Waals surface area contributed by atoms with E-state index in [1.165, 1.54) is 13.1 Å². The Kier molecular flexibility index (Phi) is 4.09. The van der Waals surface area contributed by atoms with E-state index in [1.54, 1.807) is 6.66 Å². The molecule has 5 heteroatoms. The highest BCUT2D eigenvalue weighted by molar-refractivity contribution is 7.65. The van der Waals surface area contributed by atoms with Crippen LogP contribution in [0.3, 0.4) is 0 Å². The lowest BCUT2D eigenvalue weighted by molar-refractivity contribution is 0.431. The minimum atomic E-state index is -2.61. The van der Waals surface area contributed by atoms with E-state index in [-0.39, 0.29) is 5.66 Å². The van der Waals surface area contributed by atoms with Gasteiger partial charge in [0.15, 0.2) is 6.66 Å². The van der Waals surface area contributed by atoms with Crippen LogP contribution in [0.25, 0.3) is 0 Å². The van der Waals surface area contributed by atoms with Gasteiger partial charge in [-0.25, -0.2) is 0 Å². The Hall–Kier alpha value is 0.290. The normalized spacial score (nSPS) is 25.2. The van der Waals surface area contributed by atoms with Gasteiger partial charge in [0, 0.05) is 12.3 Å². The first kappa shape index (κ1) is 11.4. The van der Waals surface area contributed by atoms with Crippen LogP contribution < -0.4 is 0 Å². The lowest BCUT2D eigenvalue weighted by Crippen LogP contribution is -2.12. The Labute approximate surface area is 80.6 Å². The molecule has 76 valence electrons. The van der Waals surface area contributed by atoms with Gasteiger partial charge in [0.25, 0.3) is 7.37 Å². The van der Waals surface area contributed by atoms with Crippen LogP contribution in [0.2, 0.25) is 0 Å². The molecule has 13 heavy (non-hydrogen) atoms. The second-order valence-corrected chi connectivity index (χ2v) is 7.80. The summed E-state index contributed by atoms with van der Waals surface area (Å²) >= 11 is 0. The molecule has 0 aromatic rings. The van der Waals surface area contributed by atoms with Crippen molar-refractivity contribution in [2.24, 2.45) is 0 Å². The highest BCUT2D eigenvalue weighted by Gasteiger charge is 2.36. The topological polar surface area (TPSA) is 43.4 Å². The van der Waals surface area contributed by atoms with E-state index < -0.39 is 15.4 Å². The summed E-state index contributed by atoms with van der Waals surface area (Å²) in [6, 6.07) is 0. The van der Waals surface area contributed by atoms with E-state index >= 15 is 0 Å². The first-order valence-corrected chi connectivity index (χ1v) is 8.47. The fourth-order valence-electron chi connectivity index (χ4n) is 1.85. The van der Waals surface area contributed by atoms with Crippen LogP contribution in [0.1, 0.15) is 32.1 Å². The molecule has 0 aromatic carbocycles. The van der Waals surface area contributed by atoms with Crippen molar-refractivity contribution in [1.82, 2.24) is 0 Å². The van der Waals surface area contributed by atoms with Gasteiger partial charge in [-0.15, -0.1) is 0 Å². The van der Waals surface area contributed by atoms with Crippen molar-refractivity contribution in [2.75, 3.05) is 13.3 Å². The minimum Gasteiger partial charge on any atom is -0.288 e. The fourth-order valence-corrected chi connectivity index (χ4v) is 5.51. The Balaban J connectivity index is 2.56. The van der Waals surface area contributed by atoms with Crippen molar-refractivity contribution in [1.29, 1.82) is 0 Å². The summed E-state index contributed by atoms with van der Waals surface area (Å²) in [6.07, 6.45) is 5.43. The van der Waals surface area contributed by atoms with E-state index in [4.69, 9.17) is 4.31 Å². The van der Waals surface area contributed by atoms with E-state index in [1.807, 2.05) is 0 Å². The van der Waals surface area contributed by atoms with Gasteiger partial charge in [0.1, 0.15) is 0 Å². The van der Waals surface area contributed by atoms with Gasteiger partial charge in [-0.2, -0.15) is 0 Å². The summed E-state index contributed by atoms with van der Waals surface area (Å²) in [5, 5.41) is 0. The summed E-state index contributed by atoms with van der Waals surface area (Å²) in [6.45, 7) is 3.09. The van der Waals surface area contributed by atoms with Crippen molar-refractivity contribution in [3.8, 4) is 0 Å². The van der Waals surface area contributed by atoms with Crippen LogP contribution in [0.4, 0.5) is 0 Å². The molecule has 3 nitrogen and oxygen atoms in total. The predicted octanol–water partition coefficient (Wildman–Crippen LogP) is 3.62.